The van der Waals surface area contributed by atoms with Gasteiger partial charge in [-0.25, -0.2) is 4.98 Å². The summed E-state index contributed by atoms with van der Waals surface area (Å²) in [5.41, 5.74) is 0.908. The van der Waals surface area contributed by atoms with Gasteiger partial charge in [0.25, 0.3) is 0 Å². The van der Waals surface area contributed by atoms with Crippen LogP contribution in [0.1, 0.15) is 34.1 Å². The Hall–Kier alpha value is -1.29. The van der Waals surface area contributed by atoms with Gasteiger partial charge in [0, 0.05) is 37.6 Å². The lowest BCUT2D eigenvalue weighted by molar-refractivity contribution is 0.000698. The molecule has 0 fully saturated rings. The SMILES string of the molecule is CCCNc1cc(NCC(C)(C)OCC)ccn1. The molecular formula is C14H25N3O. The number of nitrogens with zero attached hydrogens (tertiary/aromatic N) is 1. The van der Waals surface area contributed by atoms with E-state index in [1.807, 2.05) is 25.3 Å². The summed E-state index contributed by atoms with van der Waals surface area (Å²) in [5, 5.41) is 6.66. The van der Waals surface area contributed by atoms with Crippen LogP contribution in [0.25, 0.3) is 0 Å². The van der Waals surface area contributed by atoms with Gasteiger partial charge in [0.1, 0.15) is 5.82 Å². The van der Waals surface area contributed by atoms with E-state index in [1.165, 1.54) is 0 Å². The normalized spacial score (nSPS) is 11.3. The van der Waals surface area contributed by atoms with Gasteiger partial charge in [0.2, 0.25) is 0 Å². The Morgan fingerprint density at radius 1 is 1.28 bits per heavy atom. The monoisotopic (exact) mass is 251 g/mol. The summed E-state index contributed by atoms with van der Waals surface area (Å²) in [4.78, 5) is 4.28. The number of aromatic nitrogens is 1. The average Bonchev–Trinajstić information content (AvgIpc) is 2.35. The van der Waals surface area contributed by atoms with Crippen LogP contribution in [-0.4, -0.2) is 30.3 Å². The smallest absolute Gasteiger partial charge is 0.127 e. The zero-order valence-corrected chi connectivity index (χ0v) is 11.9. The Morgan fingerprint density at radius 2 is 2.06 bits per heavy atom. The quantitative estimate of drug-likeness (QED) is 0.745. The average molecular weight is 251 g/mol. The van der Waals surface area contributed by atoms with Crippen molar-refractivity contribution in [2.24, 2.45) is 0 Å². The number of hydrogen-bond donors (Lipinski definition) is 2. The van der Waals surface area contributed by atoms with Gasteiger partial charge >= 0.3 is 0 Å². The summed E-state index contributed by atoms with van der Waals surface area (Å²) in [6.07, 6.45) is 2.91. The van der Waals surface area contributed by atoms with Crippen LogP contribution in [-0.2, 0) is 4.74 Å². The molecule has 0 aliphatic carbocycles. The molecule has 0 unspecified atom stereocenters. The second-order valence-electron chi connectivity index (χ2n) is 4.90. The number of ether oxygens (including phenoxy) is 1. The highest BCUT2D eigenvalue weighted by molar-refractivity contribution is 5.51. The molecule has 0 atom stereocenters. The topological polar surface area (TPSA) is 46.2 Å². The molecule has 0 saturated carbocycles. The van der Waals surface area contributed by atoms with E-state index in [0.29, 0.717) is 0 Å². The maximum atomic E-state index is 5.65. The van der Waals surface area contributed by atoms with Crippen molar-refractivity contribution in [1.82, 2.24) is 4.98 Å². The van der Waals surface area contributed by atoms with Crippen LogP contribution in [0.2, 0.25) is 0 Å². The fraction of sp³-hybridized carbons (Fsp3) is 0.643. The molecule has 102 valence electrons. The fourth-order valence-corrected chi connectivity index (χ4v) is 1.65. The molecule has 0 radical (unpaired) electrons. The highest BCUT2D eigenvalue weighted by atomic mass is 16.5. The van der Waals surface area contributed by atoms with Crippen LogP contribution in [0.3, 0.4) is 0 Å². The Kier molecular flexibility index (Phi) is 5.92. The molecule has 0 aliphatic rings. The zero-order chi connectivity index (χ0) is 13.4. The first-order valence-corrected chi connectivity index (χ1v) is 6.65. The molecule has 0 saturated heterocycles. The highest BCUT2D eigenvalue weighted by Gasteiger charge is 2.16. The lowest BCUT2D eigenvalue weighted by atomic mass is 10.1. The predicted octanol–water partition coefficient (Wildman–Crippen LogP) is 3.13. The van der Waals surface area contributed by atoms with Crippen molar-refractivity contribution < 1.29 is 4.74 Å². The van der Waals surface area contributed by atoms with Crippen LogP contribution in [0.5, 0.6) is 0 Å². The van der Waals surface area contributed by atoms with Crippen molar-refractivity contribution in [1.29, 1.82) is 0 Å². The molecule has 1 rings (SSSR count). The highest BCUT2D eigenvalue weighted by Crippen LogP contribution is 2.15. The first kappa shape index (κ1) is 14.8. The van der Waals surface area contributed by atoms with Gasteiger partial charge in [0.15, 0.2) is 0 Å². The molecular weight excluding hydrogens is 226 g/mol. The van der Waals surface area contributed by atoms with Gasteiger partial charge in [0.05, 0.1) is 5.60 Å². The van der Waals surface area contributed by atoms with Gasteiger partial charge < -0.3 is 15.4 Å². The van der Waals surface area contributed by atoms with E-state index >= 15 is 0 Å². The first-order chi connectivity index (χ1) is 8.57. The second kappa shape index (κ2) is 7.21. The molecule has 0 amide bonds. The summed E-state index contributed by atoms with van der Waals surface area (Å²) in [6, 6.07) is 4.00. The number of hydrogen-bond acceptors (Lipinski definition) is 4. The second-order valence-corrected chi connectivity index (χ2v) is 4.90. The van der Waals surface area contributed by atoms with Crippen molar-refractivity contribution >= 4 is 11.5 Å². The van der Waals surface area contributed by atoms with Gasteiger partial charge in [-0.3, -0.25) is 0 Å². The summed E-state index contributed by atoms with van der Waals surface area (Å²) >= 11 is 0. The predicted molar refractivity (Wildman–Crippen MR) is 77.2 cm³/mol. The third-order valence-electron chi connectivity index (χ3n) is 2.57. The molecule has 4 nitrogen and oxygen atoms in total. The summed E-state index contributed by atoms with van der Waals surface area (Å²) in [7, 11) is 0. The number of nitrogens with one attached hydrogen (secondary N) is 2. The Labute approximate surface area is 110 Å². The molecule has 4 heteroatoms. The molecule has 0 aliphatic heterocycles. The standard InChI is InChI=1S/C14H25N3O/c1-5-8-15-13-10-12(7-9-16-13)17-11-14(3,4)18-6-2/h7,9-10H,5-6,8,11H2,1-4H3,(H2,15,16,17). The summed E-state index contributed by atoms with van der Waals surface area (Å²) < 4.78 is 5.65. The molecule has 0 spiro atoms. The number of rotatable bonds is 8. The van der Waals surface area contributed by atoms with Crippen LogP contribution < -0.4 is 10.6 Å². The van der Waals surface area contributed by atoms with Crippen molar-refractivity contribution in [3.05, 3.63) is 18.3 Å². The summed E-state index contributed by atoms with van der Waals surface area (Å²) in [5.74, 6) is 0.913. The van der Waals surface area contributed by atoms with Crippen molar-refractivity contribution in [2.75, 3.05) is 30.3 Å². The van der Waals surface area contributed by atoms with Crippen LogP contribution in [0.4, 0.5) is 11.5 Å². The van der Waals surface area contributed by atoms with E-state index in [1.54, 1.807) is 0 Å². The van der Waals surface area contributed by atoms with Crippen molar-refractivity contribution in [3.8, 4) is 0 Å². The van der Waals surface area contributed by atoms with Crippen molar-refractivity contribution in [3.63, 3.8) is 0 Å². The third kappa shape index (κ3) is 5.36. The molecule has 2 N–H and O–H groups in total. The van der Waals surface area contributed by atoms with Crippen LogP contribution in [0, 0.1) is 0 Å². The molecule has 18 heavy (non-hydrogen) atoms. The molecule has 1 aromatic rings. The van der Waals surface area contributed by atoms with Crippen molar-refractivity contribution in [2.45, 2.75) is 39.7 Å². The maximum absolute atomic E-state index is 5.65. The minimum absolute atomic E-state index is 0.158. The lowest BCUT2D eigenvalue weighted by Gasteiger charge is -2.25. The van der Waals surface area contributed by atoms with Crippen LogP contribution in [0.15, 0.2) is 18.3 Å². The molecule has 0 bridgehead atoms. The van der Waals surface area contributed by atoms with E-state index in [-0.39, 0.29) is 5.60 Å². The van der Waals surface area contributed by atoms with E-state index < -0.39 is 0 Å². The largest absolute Gasteiger partial charge is 0.382 e. The number of anilines is 2. The van der Waals surface area contributed by atoms with Gasteiger partial charge in [-0.15, -0.1) is 0 Å². The Balaban J connectivity index is 2.51. The minimum atomic E-state index is -0.158. The Bertz CT molecular complexity index is 353. The Morgan fingerprint density at radius 3 is 2.72 bits per heavy atom. The van der Waals surface area contributed by atoms with Crippen LogP contribution >= 0.6 is 0 Å². The molecule has 1 heterocycles. The van der Waals surface area contributed by atoms with E-state index in [0.717, 1.165) is 37.6 Å². The fourth-order valence-electron chi connectivity index (χ4n) is 1.65. The van der Waals surface area contributed by atoms with Gasteiger partial charge in [-0.1, -0.05) is 6.92 Å². The van der Waals surface area contributed by atoms with Gasteiger partial charge in [-0.2, -0.15) is 0 Å². The molecule has 1 aromatic heterocycles. The maximum Gasteiger partial charge on any atom is 0.127 e. The summed E-state index contributed by atoms with van der Waals surface area (Å²) in [6.45, 7) is 10.8. The third-order valence-corrected chi connectivity index (χ3v) is 2.57. The van der Waals surface area contributed by atoms with E-state index in [4.69, 9.17) is 4.74 Å². The molecule has 0 aromatic carbocycles. The lowest BCUT2D eigenvalue weighted by Crippen LogP contribution is -2.33. The van der Waals surface area contributed by atoms with E-state index in [2.05, 4.69) is 36.4 Å². The minimum Gasteiger partial charge on any atom is -0.382 e. The zero-order valence-electron chi connectivity index (χ0n) is 11.9. The van der Waals surface area contributed by atoms with E-state index in [9.17, 15) is 0 Å². The number of pyridine rings is 1. The first-order valence-electron chi connectivity index (χ1n) is 6.65. The van der Waals surface area contributed by atoms with Gasteiger partial charge in [-0.05, 0) is 33.3 Å².